The van der Waals surface area contributed by atoms with Gasteiger partial charge in [-0.1, -0.05) is 42.1 Å². The quantitative estimate of drug-likeness (QED) is 0.410. The topological polar surface area (TPSA) is 44.1 Å². The summed E-state index contributed by atoms with van der Waals surface area (Å²) in [5.74, 6) is 0.541. The summed E-state index contributed by atoms with van der Waals surface area (Å²) in [5.41, 5.74) is 4.96. The van der Waals surface area contributed by atoms with E-state index in [1.807, 2.05) is 55.6 Å². The van der Waals surface area contributed by atoms with Crippen LogP contribution in [0.15, 0.2) is 46.1 Å². The van der Waals surface area contributed by atoms with Crippen LogP contribution in [0.1, 0.15) is 21.7 Å². The van der Waals surface area contributed by atoms with Gasteiger partial charge in [0.25, 0.3) is 0 Å². The number of nitrogens with zero attached hydrogens (tertiary/aromatic N) is 2. The van der Waals surface area contributed by atoms with Gasteiger partial charge in [-0.2, -0.15) is 0 Å². The number of methoxy groups -OCH3 is 1. The van der Waals surface area contributed by atoms with Crippen LogP contribution in [0.5, 0.6) is 0 Å². The van der Waals surface area contributed by atoms with Crippen LogP contribution in [0.3, 0.4) is 0 Å². The molecule has 1 aromatic carbocycles. The fraction of sp³-hybridized carbons (Fsp3) is 0.300. The lowest BCUT2D eigenvalue weighted by atomic mass is 10.2. The third kappa shape index (κ3) is 4.26. The van der Waals surface area contributed by atoms with Gasteiger partial charge in [-0.05, 0) is 19.9 Å². The number of aryl methyl sites for hydroxylation is 1. The number of ketones is 1. The predicted octanol–water partition coefficient (Wildman–Crippen LogP) is 4.85. The maximum absolute atomic E-state index is 12.7. The molecule has 0 aliphatic rings. The Balaban J connectivity index is 1.65. The summed E-state index contributed by atoms with van der Waals surface area (Å²) in [4.78, 5) is 17.3. The van der Waals surface area contributed by atoms with Gasteiger partial charge in [0.05, 0.1) is 18.1 Å². The molecule has 0 aliphatic carbocycles. The molecule has 6 heteroatoms. The molecule has 0 aliphatic heterocycles. The summed E-state index contributed by atoms with van der Waals surface area (Å²) in [6.45, 7) is 5.43. The highest BCUT2D eigenvalue weighted by Gasteiger charge is 2.16. The van der Waals surface area contributed by atoms with Crippen LogP contribution in [-0.2, 0) is 11.3 Å². The number of aromatic nitrogens is 2. The van der Waals surface area contributed by atoms with Gasteiger partial charge in [0.15, 0.2) is 10.1 Å². The molecule has 0 bridgehead atoms. The second kappa shape index (κ2) is 8.66. The average Bonchev–Trinajstić information content (AvgIpc) is 3.24. The van der Waals surface area contributed by atoms with E-state index in [1.165, 1.54) is 11.8 Å². The molecule has 0 radical (unpaired) electrons. The number of thioether (sulfide) groups is 1. The molecule has 0 spiro atoms. The number of carbonyl (C=O) groups excluding carboxylic acids is 1. The van der Waals surface area contributed by atoms with Crippen molar-refractivity contribution in [1.82, 2.24) is 9.55 Å². The van der Waals surface area contributed by atoms with Gasteiger partial charge in [-0.3, -0.25) is 4.79 Å². The maximum atomic E-state index is 12.7. The third-order valence-electron chi connectivity index (χ3n) is 4.27. The zero-order valence-corrected chi connectivity index (χ0v) is 16.8. The van der Waals surface area contributed by atoms with Crippen molar-refractivity contribution in [3.05, 3.63) is 58.7 Å². The SMILES string of the molecule is COCCn1c(C)cc(C(=O)CSc2nc(-c3ccccc3)cs2)c1C. The van der Waals surface area contributed by atoms with E-state index < -0.39 is 0 Å². The van der Waals surface area contributed by atoms with E-state index in [0.29, 0.717) is 12.4 Å². The van der Waals surface area contributed by atoms with Gasteiger partial charge in [0, 0.05) is 41.5 Å². The number of hydrogen-bond donors (Lipinski definition) is 0. The number of carbonyl (C=O) groups is 1. The lowest BCUT2D eigenvalue weighted by Crippen LogP contribution is -2.09. The number of hydrogen-bond acceptors (Lipinski definition) is 5. The Morgan fingerprint density at radius 3 is 2.77 bits per heavy atom. The molecular weight excluding hydrogens is 364 g/mol. The molecule has 0 N–H and O–H groups in total. The molecule has 3 aromatic rings. The largest absolute Gasteiger partial charge is 0.383 e. The molecule has 0 fully saturated rings. The molecule has 2 heterocycles. The molecule has 0 atom stereocenters. The second-order valence-electron chi connectivity index (χ2n) is 6.01. The van der Waals surface area contributed by atoms with E-state index in [1.54, 1.807) is 18.4 Å². The van der Waals surface area contributed by atoms with Crippen molar-refractivity contribution < 1.29 is 9.53 Å². The first-order valence-corrected chi connectivity index (χ1v) is 10.3. The Bertz CT molecular complexity index is 885. The van der Waals surface area contributed by atoms with Gasteiger partial charge in [0.1, 0.15) is 0 Å². The van der Waals surface area contributed by atoms with Gasteiger partial charge < -0.3 is 9.30 Å². The second-order valence-corrected chi connectivity index (χ2v) is 8.09. The van der Waals surface area contributed by atoms with E-state index in [9.17, 15) is 4.79 Å². The van der Waals surface area contributed by atoms with E-state index in [-0.39, 0.29) is 5.78 Å². The molecule has 0 saturated carbocycles. The van der Waals surface area contributed by atoms with Gasteiger partial charge >= 0.3 is 0 Å². The van der Waals surface area contributed by atoms with E-state index in [0.717, 1.165) is 39.1 Å². The Morgan fingerprint density at radius 2 is 2.04 bits per heavy atom. The fourth-order valence-corrected chi connectivity index (χ4v) is 4.60. The molecule has 136 valence electrons. The molecule has 0 unspecified atom stereocenters. The van der Waals surface area contributed by atoms with Gasteiger partial charge in [-0.25, -0.2) is 4.98 Å². The first kappa shape index (κ1) is 18.9. The predicted molar refractivity (Wildman–Crippen MR) is 108 cm³/mol. The normalized spacial score (nSPS) is 11.0. The van der Waals surface area contributed by atoms with Crippen LogP contribution in [0, 0.1) is 13.8 Å². The van der Waals surface area contributed by atoms with E-state index >= 15 is 0 Å². The minimum Gasteiger partial charge on any atom is -0.383 e. The molecule has 2 aromatic heterocycles. The van der Waals surface area contributed by atoms with Gasteiger partial charge in [0.2, 0.25) is 0 Å². The minimum atomic E-state index is 0.142. The number of benzene rings is 1. The van der Waals surface area contributed by atoms with Crippen molar-refractivity contribution in [2.75, 3.05) is 19.5 Å². The van der Waals surface area contributed by atoms with E-state index in [4.69, 9.17) is 4.74 Å². The zero-order valence-electron chi connectivity index (χ0n) is 15.2. The molecule has 0 saturated heterocycles. The lowest BCUT2D eigenvalue weighted by Gasteiger charge is -2.08. The molecule has 0 amide bonds. The summed E-state index contributed by atoms with van der Waals surface area (Å²) in [6.07, 6.45) is 0. The Morgan fingerprint density at radius 1 is 1.27 bits per heavy atom. The highest BCUT2D eigenvalue weighted by atomic mass is 32.2. The number of Topliss-reactive ketones (excluding diaryl/α,β-unsaturated/α-hetero) is 1. The maximum Gasteiger partial charge on any atom is 0.174 e. The standard InChI is InChI=1S/C20H22N2O2S2/c1-14-11-17(15(2)22(14)9-10-24-3)19(23)13-26-20-21-18(12-25-20)16-7-5-4-6-8-16/h4-8,11-12H,9-10,13H2,1-3H3. The average molecular weight is 387 g/mol. The fourth-order valence-electron chi connectivity index (χ4n) is 2.88. The van der Waals surface area contributed by atoms with Crippen molar-refractivity contribution in [3.8, 4) is 11.3 Å². The van der Waals surface area contributed by atoms with Crippen LogP contribution in [-0.4, -0.2) is 34.8 Å². The monoisotopic (exact) mass is 386 g/mol. The summed E-state index contributed by atoms with van der Waals surface area (Å²) >= 11 is 3.09. The number of ether oxygens (including phenoxy) is 1. The minimum absolute atomic E-state index is 0.142. The van der Waals surface area contributed by atoms with Crippen LogP contribution in [0.2, 0.25) is 0 Å². The number of rotatable bonds is 8. The highest BCUT2D eigenvalue weighted by molar-refractivity contribution is 8.01. The van der Waals surface area contributed by atoms with Crippen molar-refractivity contribution >= 4 is 28.9 Å². The van der Waals surface area contributed by atoms with Crippen molar-refractivity contribution in [2.45, 2.75) is 24.7 Å². The van der Waals surface area contributed by atoms with Crippen molar-refractivity contribution in [3.63, 3.8) is 0 Å². The van der Waals surface area contributed by atoms with Crippen LogP contribution >= 0.6 is 23.1 Å². The first-order valence-electron chi connectivity index (χ1n) is 8.42. The Labute approximate surface area is 162 Å². The number of thiazole rings is 1. The molecule has 3 rings (SSSR count). The molecule has 4 nitrogen and oxygen atoms in total. The van der Waals surface area contributed by atoms with Crippen LogP contribution in [0.25, 0.3) is 11.3 Å². The van der Waals surface area contributed by atoms with Crippen LogP contribution in [0.4, 0.5) is 0 Å². The summed E-state index contributed by atoms with van der Waals surface area (Å²) < 4.78 is 8.21. The summed E-state index contributed by atoms with van der Waals surface area (Å²) in [7, 11) is 1.69. The smallest absolute Gasteiger partial charge is 0.174 e. The van der Waals surface area contributed by atoms with E-state index in [2.05, 4.69) is 9.55 Å². The van der Waals surface area contributed by atoms with Crippen LogP contribution < -0.4 is 0 Å². The van der Waals surface area contributed by atoms with Crippen molar-refractivity contribution in [1.29, 1.82) is 0 Å². The van der Waals surface area contributed by atoms with Gasteiger partial charge in [-0.15, -0.1) is 11.3 Å². The first-order chi connectivity index (χ1) is 12.6. The third-order valence-corrected chi connectivity index (χ3v) is 6.29. The summed E-state index contributed by atoms with van der Waals surface area (Å²) in [5, 5.41) is 2.04. The zero-order chi connectivity index (χ0) is 18.5. The molecule has 26 heavy (non-hydrogen) atoms. The Kier molecular flexibility index (Phi) is 6.29. The summed E-state index contributed by atoms with van der Waals surface area (Å²) in [6, 6.07) is 12.1. The lowest BCUT2D eigenvalue weighted by molar-refractivity contribution is 0.102. The Hall–Kier alpha value is -1.89. The highest BCUT2D eigenvalue weighted by Crippen LogP contribution is 2.29. The van der Waals surface area contributed by atoms with Crippen molar-refractivity contribution in [2.24, 2.45) is 0 Å². The molecular formula is C20H22N2O2S2.